The van der Waals surface area contributed by atoms with Crippen LogP contribution in [0.2, 0.25) is 0 Å². The summed E-state index contributed by atoms with van der Waals surface area (Å²) in [6.45, 7) is 0.807. The van der Waals surface area contributed by atoms with Crippen molar-refractivity contribution < 1.29 is 19.1 Å². The Hall–Kier alpha value is -3.28. The molecule has 0 aliphatic carbocycles. The molecule has 2 aromatic rings. The molecule has 26 heavy (non-hydrogen) atoms. The Labute approximate surface area is 152 Å². The van der Waals surface area contributed by atoms with E-state index in [4.69, 9.17) is 9.47 Å². The fourth-order valence-electron chi connectivity index (χ4n) is 2.48. The second kappa shape index (κ2) is 8.71. The summed E-state index contributed by atoms with van der Waals surface area (Å²) in [7, 11) is 0. The number of hydrogen-bond donors (Lipinski definition) is 0. The minimum absolute atomic E-state index is 0.146. The van der Waals surface area contributed by atoms with Crippen LogP contribution < -0.4 is 0 Å². The van der Waals surface area contributed by atoms with Crippen molar-refractivity contribution in [2.75, 3.05) is 13.1 Å². The number of hydrazine groups is 1. The fourth-order valence-corrected chi connectivity index (χ4v) is 2.48. The molecule has 0 saturated heterocycles. The van der Waals surface area contributed by atoms with E-state index in [-0.39, 0.29) is 26.3 Å². The van der Waals surface area contributed by atoms with E-state index in [1.807, 2.05) is 72.8 Å². The van der Waals surface area contributed by atoms with E-state index in [1.165, 1.54) is 10.0 Å². The SMILES string of the molecule is O=C(OCc1ccccc1)N1CC=CCN1C(=O)OCc1ccccc1. The van der Waals surface area contributed by atoms with Crippen LogP contribution in [0, 0.1) is 0 Å². The molecule has 6 nitrogen and oxygen atoms in total. The summed E-state index contributed by atoms with van der Waals surface area (Å²) >= 11 is 0. The van der Waals surface area contributed by atoms with E-state index in [9.17, 15) is 9.59 Å². The smallest absolute Gasteiger partial charge is 0.429 e. The predicted molar refractivity (Wildman–Crippen MR) is 95.8 cm³/mol. The van der Waals surface area contributed by atoms with Crippen molar-refractivity contribution in [3.05, 3.63) is 83.9 Å². The van der Waals surface area contributed by atoms with Crippen LogP contribution in [0.4, 0.5) is 9.59 Å². The molecule has 0 fully saturated rings. The van der Waals surface area contributed by atoms with Gasteiger partial charge in [0.05, 0.1) is 13.1 Å². The molecule has 134 valence electrons. The van der Waals surface area contributed by atoms with Gasteiger partial charge < -0.3 is 9.47 Å². The van der Waals surface area contributed by atoms with Crippen LogP contribution in [-0.4, -0.2) is 35.3 Å². The summed E-state index contributed by atoms with van der Waals surface area (Å²) in [5, 5.41) is 2.49. The molecule has 2 amide bonds. The maximum absolute atomic E-state index is 12.4. The summed E-state index contributed by atoms with van der Waals surface area (Å²) < 4.78 is 10.6. The van der Waals surface area contributed by atoms with Crippen LogP contribution >= 0.6 is 0 Å². The highest BCUT2D eigenvalue weighted by Crippen LogP contribution is 2.12. The number of ether oxygens (including phenoxy) is 2. The zero-order chi connectivity index (χ0) is 18.2. The predicted octanol–water partition coefficient (Wildman–Crippen LogP) is 3.75. The molecule has 0 radical (unpaired) electrons. The summed E-state index contributed by atoms with van der Waals surface area (Å²) in [4.78, 5) is 24.8. The largest absolute Gasteiger partial charge is 0.443 e. The third kappa shape index (κ3) is 4.63. The Morgan fingerprint density at radius 3 is 1.46 bits per heavy atom. The van der Waals surface area contributed by atoms with Gasteiger partial charge in [-0.2, -0.15) is 0 Å². The number of hydrogen-bond acceptors (Lipinski definition) is 4. The van der Waals surface area contributed by atoms with Gasteiger partial charge in [0.1, 0.15) is 13.2 Å². The normalized spacial score (nSPS) is 13.4. The number of rotatable bonds is 4. The molecule has 1 aliphatic heterocycles. The average Bonchev–Trinajstić information content (AvgIpc) is 2.72. The topological polar surface area (TPSA) is 59.1 Å². The van der Waals surface area contributed by atoms with Gasteiger partial charge in [0.2, 0.25) is 0 Å². The summed E-state index contributed by atoms with van der Waals surface area (Å²) in [5.41, 5.74) is 1.76. The van der Waals surface area contributed by atoms with Crippen molar-refractivity contribution in [1.82, 2.24) is 10.0 Å². The lowest BCUT2D eigenvalue weighted by Crippen LogP contribution is -2.51. The van der Waals surface area contributed by atoms with Crippen molar-refractivity contribution in [2.24, 2.45) is 0 Å². The number of amides is 2. The Kier molecular flexibility index (Phi) is 5.88. The quantitative estimate of drug-likeness (QED) is 0.787. The van der Waals surface area contributed by atoms with Gasteiger partial charge in [0.15, 0.2) is 0 Å². The van der Waals surface area contributed by atoms with Crippen molar-refractivity contribution >= 4 is 12.2 Å². The molecule has 0 saturated carbocycles. The first kappa shape index (κ1) is 17.5. The first-order valence-corrected chi connectivity index (χ1v) is 8.35. The van der Waals surface area contributed by atoms with E-state index in [2.05, 4.69) is 0 Å². The monoisotopic (exact) mass is 352 g/mol. The van der Waals surface area contributed by atoms with Crippen LogP contribution in [0.15, 0.2) is 72.8 Å². The molecule has 0 spiro atoms. The van der Waals surface area contributed by atoms with Gasteiger partial charge in [-0.05, 0) is 11.1 Å². The third-order valence-electron chi connectivity index (χ3n) is 3.85. The highest BCUT2D eigenvalue weighted by Gasteiger charge is 2.29. The van der Waals surface area contributed by atoms with Crippen LogP contribution in [0.25, 0.3) is 0 Å². The van der Waals surface area contributed by atoms with Gasteiger partial charge in [-0.15, -0.1) is 0 Å². The Bertz CT molecular complexity index is 696. The molecule has 0 aromatic heterocycles. The summed E-state index contributed by atoms with van der Waals surface area (Å²) in [6, 6.07) is 18.8. The Balaban J connectivity index is 1.57. The maximum Gasteiger partial charge on any atom is 0.429 e. The second-order valence-corrected chi connectivity index (χ2v) is 5.72. The third-order valence-corrected chi connectivity index (χ3v) is 3.85. The van der Waals surface area contributed by atoms with Crippen molar-refractivity contribution in [1.29, 1.82) is 0 Å². The average molecular weight is 352 g/mol. The standard InChI is InChI=1S/C20H20N2O4/c23-19(25-15-17-9-3-1-4-10-17)21-13-7-8-14-22(21)20(24)26-16-18-11-5-2-6-12-18/h1-12H,13-16H2. The zero-order valence-corrected chi connectivity index (χ0v) is 14.3. The molecule has 2 aromatic carbocycles. The molecule has 1 heterocycles. The van der Waals surface area contributed by atoms with Crippen LogP contribution in [0.1, 0.15) is 11.1 Å². The summed E-state index contributed by atoms with van der Waals surface area (Å²) in [6.07, 6.45) is 2.44. The highest BCUT2D eigenvalue weighted by atomic mass is 16.6. The maximum atomic E-state index is 12.4. The first-order valence-electron chi connectivity index (χ1n) is 8.35. The van der Waals surface area contributed by atoms with Crippen molar-refractivity contribution in [3.8, 4) is 0 Å². The number of carbonyl (C=O) groups is 2. The van der Waals surface area contributed by atoms with E-state index >= 15 is 0 Å². The minimum Gasteiger partial charge on any atom is -0.443 e. The molecular formula is C20H20N2O4. The van der Waals surface area contributed by atoms with Crippen LogP contribution in [0.3, 0.4) is 0 Å². The van der Waals surface area contributed by atoms with E-state index in [0.717, 1.165) is 11.1 Å². The van der Waals surface area contributed by atoms with E-state index < -0.39 is 12.2 Å². The van der Waals surface area contributed by atoms with Crippen molar-refractivity contribution in [3.63, 3.8) is 0 Å². The number of carbonyl (C=O) groups excluding carboxylic acids is 2. The van der Waals surface area contributed by atoms with Crippen LogP contribution in [-0.2, 0) is 22.7 Å². The van der Waals surface area contributed by atoms with Crippen molar-refractivity contribution in [2.45, 2.75) is 13.2 Å². The molecule has 0 atom stereocenters. The van der Waals surface area contributed by atoms with Gasteiger partial charge in [-0.25, -0.2) is 19.6 Å². The lowest BCUT2D eigenvalue weighted by molar-refractivity contribution is -0.0179. The van der Waals surface area contributed by atoms with E-state index in [0.29, 0.717) is 0 Å². The molecular weight excluding hydrogens is 332 g/mol. The second-order valence-electron chi connectivity index (χ2n) is 5.72. The molecule has 0 N–H and O–H groups in total. The molecule has 0 bridgehead atoms. The minimum atomic E-state index is -0.588. The summed E-state index contributed by atoms with van der Waals surface area (Å²) in [5.74, 6) is 0. The lowest BCUT2D eigenvalue weighted by Gasteiger charge is -2.34. The van der Waals surface area contributed by atoms with Gasteiger partial charge in [0, 0.05) is 0 Å². The fraction of sp³-hybridized carbons (Fsp3) is 0.200. The van der Waals surface area contributed by atoms with Crippen LogP contribution in [0.5, 0.6) is 0 Å². The molecule has 1 aliphatic rings. The molecule has 6 heteroatoms. The van der Waals surface area contributed by atoms with Gasteiger partial charge >= 0.3 is 12.2 Å². The van der Waals surface area contributed by atoms with Gasteiger partial charge in [-0.3, -0.25) is 0 Å². The van der Waals surface area contributed by atoms with Gasteiger partial charge in [-0.1, -0.05) is 72.8 Å². The molecule has 0 unspecified atom stereocenters. The molecule has 3 rings (SSSR count). The van der Waals surface area contributed by atoms with Gasteiger partial charge in [0.25, 0.3) is 0 Å². The Morgan fingerprint density at radius 2 is 1.08 bits per heavy atom. The first-order chi connectivity index (χ1) is 12.7. The highest BCUT2D eigenvalue weighted by molar-refractivity contribution is 5.74. The lowest BCUT2D eigenvalue weighted by atomic mass is 10.2. The Morgan fingerprint density at radius 1 is 0.692 bits per heavy atom. The van der Waals surface area contributed by atoms with E-state index in [1.54, 1.807) is 0 Å². The number of nitrogens with zero attached hydrogens (tertiary/aromatic N) is 2. The zero-order valence-electron chi connectivity index (χ0n) is 14.3. The number of benzene rings is 2.